The molecular formula is C12H15N3S2. The zero-order valence-electron chi connectivity index (χ0n) is 9.93. The van der Waals surface area contributed by atoms with E-state index in [1.165, 1.54) is 10.5 Å². The molecule has 1 N–H and O–H groups in total. The summed E-state index contributed by atoms with van der Waals surface area (Å²) in [5.74, 6) is 0. The third-order valence-electron chi connectivity index (χ3n) is 2.22. The van der Waals surface area contributed by atoms with E-state index in [2.05, 4.69) is 46.7 Å². The van der Waals surface area contributed by atoms with Crippen LogP contribution < -0.4 is 5.32 Å². The van der Waals surface area contributed by atoms with Gasteiger partial charge in [0.15, 0.2) is 4.34 Å². The highest BCUT2D eigenvalue weighted by molar-refractivity contribution is 8.01. The molecule has 5 heteroatoms. The van der Waals surface area contributed by atoms with Crippen LogP contribution in [0, 0.1) is 6.92 Å². The van der Waals surface area contributed by atoms with Gasteiger partial charge in [-0.05, 0) is 31.2 Å². The van der Waals surface area contributed by atoms with Crippen molar-refractivity contribution in [3.05, 3.63) is 34.8 Å². The van der Waals surface area contributed by atoms with Gasteiger partial charge in [0.05, 0.1) is 0 Å². The molecule has 1 heterocycles. The van der Waals surface area contributed by atoms with Crippen molar-refractivity contribution >= 4 is 23.1 Å². The maximum atomic E-state index is 4.10. The Hall–Kier alpha value is -0.910. The van der Waals surface area contributed by atoms with Crippen LogP contribution in [0.5, 0.6) is 0 Å². The van der Waals surface area contributed by atoms with Crippen molar-refractivity contribution in [1.82, 2.24) is 15.5 Å². The van der Waals surface area contributed by atoms with Crippen molar-refractivity contribution < 1.29 is 0 Å². The topological polar surface area (TPSA) is 37.8 Å². The van der Waals surface area contributed by atoms with Gasteiger partial charge in [-0.1, -0.05) is 42.2 Å². The van der Waals surface area contributed by atoms with Gasteiger partial charge in [-0.15, -0.1) is 10.2 Å². The van der Waals surface area contributed by atoms with E-state index in [1.807, 2.05) is 6.92 Å². The van der Waals surface area contributed by atoms with Crippen LogP contribution in [-0.4, -0.2) is 16.7 Å². The number of aromatic nitrogens is 2. The van der Waals surface area contributed by atoms with Crippen molar-refractivity contribution in [3.8, 4) is 0 Å². The van der Waals surface area contributed by atoms with Crippen molar-refractivity contribution in [3.63, 3.8) is 0 Å². The van der Waals surface area contributed by atoms with Gasteiger partial charge in [-0.2, -0.15) is 0 Å². The number of rotatable bonds is 5. The van der Waals surface area contributed by atoms with Crippen LogP contribution in [0.4, 0.5) is 0 Å². The molecule has 90 valence electrons. The van der Waals surface area contributed by atoms with Crippen LogP contribution in [0.25, 0.3) is 0 Å². The van der Waals surface area contributed by atoms with E-state index in [4.69, 9.17) is 0 Å². The van der Waals surface area contributed by atoms with Gasteiger partial charge in [0.25, 0.3) is 0 Å². The molecule has 1 aromatic heterocycles. The first-order valence-electron chi connectivity index (χ1n) is 5.55. The van der Waals surface area contributed by atoms with Crippen LogP contribution in [0.3, 0.4) is 0 Å². The minimum absolute atomic E-state index is 0.930. The zero-order valence-corrected chi connectivity index (χ0v) is 11.6. The second-order valence-electron chi connectivity index (χ2n) is 3.61. The highest BCUT2D eigenvalue weighted by Gasteiger charge is 2.03. The largest absolute Gasteiger partial charge is 0.313 e. The molecule has 0 atom stereocenters. The molecule has 0 bridgehead atoms. The Morgan fingerprint density at radius 3 is 2.59 bits per heavy atom. The molecule has 0 aliphatic heterocycles. The molecule has 0 spiro atoms. The second-order valence-corrected chi connectivity index (χ2v) is 6.12. The first-order valence-corrected chi connectivity index (χ1v) is 7.19. The molecule has 0 unspecified atom stereocenters. The summed E-state index contributed by atoms with van der Waals surface area (Å²) in [5, 5.41) is 12.4. The number of aryl methyl sites for hydroxylation is 1. The molecule has 0 amide bonds. The van der Waals surface area contributed by atoms with Crippen LogP contribution in [0.2, 0.25) is 0 Å². The van der Waals surface area contributed by atoms with Crippen LogP contribution in [0.1, 0.15) is 17.5 Å². The monoisotopic (exact) mass is 265 g/mol. The summed E-state index contributed by atoms with van der Waals surface area (Å²) in [7, 11) is 0. The molecule has 1 aromatic carbocycles. The number of benzene rings is 1. The summed E-state index contributed by atoms with van der Waals surface area (Å²) in [6.45, 7) is 6.02. The Morgan fingerprint density at radius 1 is 1.24 bits per heavy atom. The second kappa shape index (κ2) is 6.14. The van der Waals surface area contributed by atoms with Gasteiger partial charge in [0.1, 0.15) is 5.01 Å². The van der Waals surface area contributed by atoms with Crippen LogP contribution in [-0.2, 0) is 6.54 Å². The Bertz CT molecular complexity index is 465. The molecule has 0 saturated carbocycles. The molecule has 17 heavy (non-hydrogen) atoms. The minimum Gasteiger partial charge on any atom is -0.313 e. The van der Waals surface area contributed by atoms with Gasteiger partial charge >= 0.3 is 0 Å². The first-order chi connectivity index (χ1) is 8.28. The molecule has 0 aliphatic rings. The number of hydrogen-bond donors (Lipinski definition) is 1. The Kier molecular flexibility index (Phi) is 4.53. The molecule has 2 rings (SSSR count). The summed E-state index contributed by atoms with van der Waals surface area (Å²) < 4.78 is 1.00. The van der Waals surface area contributed by atoms with E-state index >= 15 is 0 Å². The minimum atomic E-state index is 0.930. The van der Waals surface area contributed by atoms with E-state index < -0.39 is 0 Å². The predicted molar refractivity (Wildman–Crippen MR) is 72.6 cm³/mol. The lowest BCUT2D eigenvalue weighted by Crippen LogP contribution is -2.11. The lowest BCUT2D eigenvalue weighted by atomic mass is 10.2. The lowest BCUT2D eigenvalue weighted by Gasteiger charge is -2.03. The Balaban J connectivity index is 1.98. The molecular weight excluding hydrogens is 250 g/mol. The predicted octanol–water partition coefficient (Wildman–Crippen LogP) is 3.11. The lowest BCUT2D eigenvalue weighted by molar-refractivity contribution is 0.726. The smallest absolute Gasteiger partial charge is 0.179 e. The zero-order chi connectivity index (χ0) is 12.1. The van der Waals surface area contributed by atoms with Crippen molar-refractivity contribution in [2.75, 3.05) is 6.54 Å². The number of nitrogens with one attached hydrogen (secondary N) is 1. The van der Waals surface area contributed by atoms with Crippen LogP contribution >= 0.6 is 23.1 Å². The summed E-state index contributed by atoms with van der Waals surface area (Å²) >= 11 is 3.29. The average Bonchev–Trinajstić information content (AvgIpc) is 2.74. The SMILES string of the molecule is CCNCc1ccc(Sc2nnc(C)s2)cc1. The highest BCUT2D eigenvalue weighted by Crippen LogP contribution is 2.29. The average molecular weight is 265 g/mol. The third kappa shape index (κ3) is 3.80. The van der Waals surface area contributed by atoms with Gasteiger partial charge in [0, 0.05) is 11.4 Å². The molecule has 0 fully saturated rings. The molecule has 3 nitrogen and oxygen atoms in total. The summed E-state index contributed by atoms with van der Waals surface area (Å²) in [6, 6.07) is 8.57. The Morgan fingerprint density at radius 2 is 2.00 bits per heavy atom. The van der Waals surface area contributed by atoms with E-state index in [-0.39, 0.29) is 0 Å². The maximum Gasteiger partial charge on any atom is 0.179 e. The molecule has 0 aliphatic carbocycles. The van der Waals surface area contributed by atoms with Crippen molar-refractivity contribution in [1.29, 1.82) is 0 Å². The van der Waals surface area contributed by atoms with Crippen LogP contribution in [0.15, 0.2) is 33.5 Å². The van der Waals surface area contributed by atoms with Gasteiger partial charge in [0.2, 0.25) is 0 Å². The Labute approximate surface area is 110 Å². The van der Waals surface area contributed by atoms with Gasteiger partial charge < -0.3 is 5.32 Å². The molecule has 0 radical (unpaired) electrons. The van der Waals surface area contributed by atoms with Gasteiger partial charge in [-0.3, -0.25) is 0 Å². The first kappa shape index (κ1) is 12.5. The number of nitrogens with zero attached hydrogens (tertiary/aromatic N) is 2. The highest BCUT2D eigenvalue weighted by atomic mass is 32.2. The van der Waals surface area contributed by atoms with E-state index in [9.17, 15) is 0 Å². The van der Waals surface area contributed by atoms with E-state index in [1.54, 1.807) is 23.1 Å². The summed E-state index contributed by atoms with van der Waals surface area (Å²) in [5.41, 5.74) is 1.31. The fourth-order valence-electron chi connectivity index (χ4n) is 1.37. The number of hydrogen-bond acceptors (Lipinski definition) is 5. The van der Waals surface area contributed by atoms with E-state index in [0.29, 0.717) is 0 Å². The standard InChI is InChI=1S/C12H15N3S2/c1-3-13-8-10-4-6-11(7-5-10)17-12-15-14-9(2)16-12/h4-7,13H,3,8H2,1-2H3. The summed E-state index contributed by atoms with van der Waals surface area (Å²) in [6.07, 6.45) is 0. The van der Waals surface area contributed by atoms with Gasteiger partial charge in [-0.25, -0.2) is 0 Å². The summed E-state index contributed by atoms with van der Waals surface area (Å²) in [4.78, 5) is 1.21. The molecule has 0 saturated heterocycles. The normalized spacial score (nSPS) is 10.7. The molecule has 2 aromatic rings. The van der Waals surface area contributed by atoms with Crippen molar-refractivity contribution in [2.45, 2.75) is 29.6 Å². The quantitative estimate of drug-likeness (QED) is 0.901. The fraction of sp³-hybridized carbons (Fsp3) is 0.333. The fourth-order valence-corrected chi connectivity index (χ4v) is 3.15. The van der Waals surface area contributed by atoms with Crippen molar-refractivity contribution in [2.24, 2.45) is 0 Å². The van der Waals surface area contributed by atoms with E-state index in [0.717, 1.165) is 22.4 Å². The maximum absolute atomic E-state index is 4.10. The third-order valence-corrected chi connectivity index (χ3v) is 4.11.